The number of nitrogens with one attached hydrogen (secondary N) is 1. The second-order valence-corrected chi connectivity index (χ2v) is 7.93. The summed E-state index contributed by atoms with van der Waals surface area (Å²) in [4.78, 5) is 44.2. The lowest BCUT2D eigenvalue weighted by Crippen LogP contribution is -2.38. The molecule has 1 aliphatic heterocycles. The SMILES string of the molecule is O=C(Nc1nc2c(s1)CN(C(=O)Cn1c(=O)oc3ccccc31)CC2)c1ccoc1. The highest BCUT2D eigenvalue weighted by atomic mass is 32.1. The van der Waals surface area contributed by atoms with E-state index in [-0.39, 0.29) is 18.4 Å². The molecule has 30 heavy (non-hydrogen) atoms. The molecule has 1 aliphatic rings. The van der Waals surface area contributed by atoms with Crippen molar-refractivity contribution in [3.63, 3.8) is 0 Å². The Kier molecular flexibility index (Phi) is 4.47. The van der Waals surface area contributed by atoms with E-state index in [1.165, 1.54) is 28.4 Å². The number of hydrogen-bond donors (Lipinski definition) is 1. The van der Waals surface area contributed by atoms with E-state index in [1.807, 2.05) is 0 Å². The van der Waals surface area contributed by atoms with Crippen LogP contribution in [0.1, 0.15) is 20.9 Å². The van der Waals surface area contributed by atoms with Gasteiger partial charge in [0.1, 0.15) is 12.8 Å². The lowest BCUT2D eigenvalue weighted by Gasteiger charge is -2.26. The van der Waals surface area contributed by atoms with E-state index in [1.54, 1.807) is 35.2 Å². The summed E-state index contributed by atoms with van der Waals surface area (Å²) >= 11 is 1.34. The zero-order chi connectivity index (χ0) is 20.7. The first-order valence-electron chi connectivity index (χ1n) is 9.27. The van der Waals surface area contributed by atoms with E-state index in [4.69, 9.17) is 8.83 Å². The van der Waals surface area contributed by atoms with Gasteiger partial charge < -0.3 is 13.7 Å². The molecular weight excluding hydrogens is 408 g/mol. The number of anilines is 1. The molecule has 152 valence electrons. The number of hydrogen-bond acceptors (Lipinski definition) is 7. The highest BCUT2D eigenvalue weighted by molar-refractivity contribution is 7.15. The third-order valence-electron chi connectivity index (χ3n) is 4.95. The summed E-state index contributed by atoms with van der Waals surface area (Å²) in [6.07, 6.45) is 3.38. The molecule has 3 aromatic heterocycles. The lowest BCUT2D eigenvalue weighted by molar-refractivity contribution is -0.132. The summed E-state index contributed by atoms with van der Waals surface area (Å²) in [7, 11) is 0. The molecule has 4 heterocycles. The van der Waals surface area contributed by atoms with Crippen LogP contribution in [0, 0.1) is 0 Å². The molecule has 0 radical (unpaired) electrons. The molecule has 9 nitrogen and oxygen atoms in total. The van der Waals surface area contributed by atoms with Gasteiger partial charge in [0.15, 0.2) is 10.7 Å². The molecule has 0 saturated heterocycles. The van der Waals surface area contributed by atoms with E-state index in [0.29, 0.717) is 41.3 Å². The smallest absolute Gasteiger partial charge is 0.420 e. The Balaban J connectivity index is 1.30. The molecule has 0 saturated carbocycles. The largest absolute Gasteiger partial charge is 0.472 e. The molecule has 0 bridgehead atoms. The second-order valence-electron chi connectivity index (χ2n) is 6.84. The molecular formula is C20H16N4O5S. The molecule has 2 amide bonds. The lowest BCUT2D eigenvalue weighted by atomic mass is 10.2. The van der Waals surface area contributed by atoms with Crippen molar-refractivity contribution < 1.29 is 18.4 Å². The molecule has 1 aromatic carbocycles. The van der Waals surface area contributed by atoms with Crippen LogP contribution in [0.15, 0.2) is 56.5 Å². The molecule has 4 aromatic rings. The standard InChI is InChI=1S/C20H16N4O5S/c25-17(10-24-14-3-1-2-4-15(14)29-20(24)27)23-7-5-13-16(9-23)30-19(21-13)22-18(26)12-6-8-28-11-12/h1-4,6,8,11H,5,7,9-10H2,(H,21,22,26). The highest BCUT2D eigenvalue weighted by Crippen LogP contribution is 2.29. The molecule has 0 fully saturated rings. The average molecular weight is 424 g/mol. The first kappa shape index (κ1) is 18.4. The van der Waals surface area contributed by atoms with Crippen LogP contribution < -0.4 is 11.1 Å². The zero-order valence-electron chi connectivity index (χ0n) is 15.7. The maximum absolute atomic E-state index is 12.8. The molecule has 0 unspecified atom stereocenters. The topological polar surface area (TPSA) is 111 Å². The number of amides is 2. The van der Waals surface area contributed by atoms with Gasteiger partial charge in [0, 0.05) is 17.8 Å². The minimum atomic E-state index is -0.552. The summed E-state index contributed by atoms with van der Waals surface area (Å²) < 4.78 is 11.5. The van der Waals surface area contributed by atoms with E-state index in [9.17, 15) is 14.4 Å². The quantitative estimate of drug-likeness (QED) is 0.539. The number of nitrogens with zero attached hydrogens (tertiary/aromatic N) is 3. The van der Waals surface area contributed by atoms with Gasteiger partial charge in [-0.2, -0.15) is 0 Å². The van der Waals surface area contributed by atoms with Gasteiger partial charge in [0.25, 0.3) is 5.91 Å². The van der Waals surface area contributed by atoms with Crippen molar-refractivity contribution in [2.45, 2.75) is 19.5 Å². The Hall–Kier alpha value is -3.66. The predicted molar refractivity (Wildman–Crippen MR) is 108 cm³/mol. The first-order valence-corrected chi connectivity index (χ1v) is 10.1. The van der Waals surface area contributed by atoms with Gasteiger partial charge in [-0.05, 0) is 18.2 Å². The van der Waals surface area contributed by atoms with Crippen LogP contribution in [0.25, 0.3) is 11.1 Å². The molecule has 0 spiro atoms. The van der Waals surface area contributed by atoms with Crippen molar-refractivity contribution in [1.82, 2.24) is 14.5 Å². The summed E-state index contributed by atoms with van der Waals surface area (Å²) in [5, 5.41) is 3.24. The number of benzene rings is 1. The number of furan rings is 1. The van der Waals surface area contributed by atoms with Gasteiger partial charge in [-0.3, -0.25) is 19.5 Å². The van der Waals surface area contributed by atoms with E-state index < -0.39 is 5.76 Å². The Morgan fingerprint density at radius 1 is 1.23 bits per heavy atom. The van der Waals surface area contributed by atoms with E-state index >= 15 is 0 Å². The van der Waals surface area contributed by atoms with E-state index in [2.05, 4.69) is 10.3 Å². The molecule has 5 rings (SSSR count). The monoisotopic (exact) mass is 424 g/mol. The molecule has 1 N–H and O–H groups in total. The minimum Gasteiger partial charge on any atom is -0.472 e. The fourth-order valence-electron chi connectivity index (χ4n) is 3.42. The number of rotatable bonds is 4. The van der Waals surface area contributed by atoms with Crippen molar-refractivity contribution in [2.24, 2.45) is 0 Å². The minimum absolute atomic E-state index is 0.0892. The van der Waals surface area contributed by atoms with Gasteiger partial charge in [-0.15, -0.1) is 0 Å². The van der Waals surface area contributed by atoms with Crippen LogP contribution in [-0.2, 0) is 24.3 Å². The number of para-hydroxylation sites is 2. The van der Waals surface area contributed by atoms with Crippen LogP contribution in [0.4, 0.5) is 5.13 Å². The van der Waals surface area contributed by atoms with Crippen LogP contribution in [0.2, 0.25) is 0 Å². The first-order chi connectivity index (χ1) is 14.6. The van der Waals surface area contributed by atoms with Gasteiger partial charge in [-0.25, -0.2) is 9.78 Å². The summed E-state index contributed by atoms with van der Waals surface area (Å²) in [6.45, 7) is 0.793. The van der Waals surface area contributed by atoms with Gasteiger partial charge in [0.2, 0.25) is 5.91 Å². The molecule has 10 heteroatoms. The van der Waals surface area contributed by atoms with Gasteiger partial charge in [-0.1, -0.05) is 23.5 Å². The maximum atomic E-state index is 12.8. The number of fused-ring (bicyclic) bond motifs is 2. The van der Waals surface area contributed by atoms with Crippen LogP contribution in [0.3, 0.4) is 0 Å². The highest BCUT2D eigenvalue weighted by Gasteiger charge is 2.26. The third-order valence-corrected chi connectivity index (χ3v) is 5.95. The summed E-state index contributed by atoms with van der Waals surface area (Å²) in [5.74, 6) is -1.02. The molecule has 0 aliphatic carbocycles. The van der Waals surface area contributed by atoms with Crippen molar-refractivity contribution in [3.05, 3.63) is 69.5 Å². The Labute approximate surface area is 173 Å². The van der Waals surface area contributed by atoms with Crippen LogP contribution in [0.5, 0.6) is 0 Å². The molecule has 0 atom stereocenters. The van der Waals surface area contributed by atoms with Crippen LogP contribution >= 0.6 is 11.3 Å². The Morgan fingerprint density at radius 3 is 2.93 bits per heavy atom. The number of carbonyl (C=O) groups is 2. The fraction of sp³-hybridized carbons (Fsp3) is 0.200. The number of aromatic nitrogens is 2. The van der Waals surface area contributed by atoms with Crippen LogP contribution in [-0.4, -0.2) is 32.8 Å². The zero-order valence-corrected chi connectivity index (χ0v) is 16.5. The van der Waals surface area contributed by atoms with Gasteiger partial charge in [0.05, 0.1) is 29.6 Å². The number of thiazole rings is 1. The number of oxazole rings is 1. The normalized spacial score (nSPS) is 13.4. The van der Waals surface area contributed by atoms with Crippen molar-refractivity contribution in [3.8, 4) is 0 Å². The average Bonchev–Trinajstić information content (AvgIpc) is 3.46. The Morgan fingerprint density at radius 2 is 2.10 bits per heavy atom. The predicted octanol–water partition coefficient (Wildman–Crippen LogP) is 2.48. The maximum Gasteiger partial charge on any atom is 0.420 e. The second kappa shape index (κ2) is 7.30. The summed E-state index contributed by atoms with van der Waals surface area (Å²) in [5.41, 5.74) is 2.34. The van der Waals surface area contributed by atoms with E-state index in [0.717, 1.165) is 10.6 Å². The fourth-order valence-corrected chi connectivity index (χ4v) is 4.44. The number of carbonyl (C=O) groups excluding carboxylic acids is 2. The Bertz CT molecular complexity index is 1300. The van der Waals surface area contributed by atoms with Gasteiger partial charge >= 0.3 is 5.76 Å². The van der Waals surface area contributed by atoms with Crippen molar-refractivity contribution >= 4 is 39.4 Å². The summed E-state index contributed by atoms with van der Waals surface area (Å²) in [6, 6.07) is 8.59. The third kappa shape index (κ3) is 3.30. The van der Waals surface area contributed by atoms with Crippen molar-refractivity contribution in [2.75, 3.05) is 11.9 Å². The van der Waals surface area contributed by atoms with Crippen molar-refractivity contribution in [1.29, 1.82) is 0 Å².